The number of benzene rings is 2. The monoisotopic (exact) mass is 390 g/mol. The van der Waals surface area contributed by atoms with Crippen molar-refractivity contribution in [2.24, 2.45) is 0 Å². The van der Waals surface area contributed by atoms with Crippen molar-refractivity contribution in [1.82, 2.24) is 9.47 Å². The van der Waals surface area contributed by atoms with Crippen LogP contribution in [0.15, 0.2) is 79.0 Å². The van der Waals surface area contributed by atoms with E-state index in [1.807, 2.05) is 47.4 Å². The van der Waals surface area contributed by atoms with Crippen LogP contribution in [-0.4, -0.2) is 35.6 Å². The third-order valence-corrected chi connectivity index (χ3v) is 5.26. The van der Waals surface area contributed by atoms with Gasteiger partial charge >= 0.3 is 0 Å². The molecule has 2 aromatic carbocycles. The smallest absolute Gasteiger partial charge is 0.230 e. The molecule has 4 heteroatoms. The lowest BCUT2D eigenvalue weighted by Crippen LogP contribution is -2.37. The van der Waals surface area contributed by atoms with E-state index in [1.54, 1.807) is 7.11 Å². The number of hydrogen-bond acceptors (Lipinski definition) is 2. The van der Waals surface area contributed by atoms with Gasteiger partial charge in [-0.3, -0.25) is 4.79 Å². The van der Waals surface area contributed by atoms with E-state index < -0.39 is 0 Å². The quantitative estimate of drug-likeness (QED) is 0.503. The summed E-state index contributed by atoms with van der Waals surface area (Å²) in [6.07, 6.45) is 2.85. The molecule has 3 rings (SSSR count). The minimum Gasteiger partial charge on any atom is -0.383 e. The van der Waals surface area contributed by atoms with Crippen LogP contribution in [0.3, 0.4) is 0 Å². The molecule has 0 N–H and O–H groups in total. The summed E-state index contributed by atoms with van der Waals surface area (Å²) in [7, 11) is 1.68. The predicted molar refractivity (Wildman–Crippen MR) is 117 cm³/mol. The van der Waals surface area contributed by atoms with Crippen LogP contribution in [0.5, 0.6) is 0 Å². The van der Waals surface area contributed by atoms with Crippen molar-refractivity contribution < 1.29 is 9.53 Å². The van der Waals surface area contributed by atoms with E-state index in [1.165, 1.54) is 5.56 Å². The fourth-order valence-electron chi connectivity index (χ4n) is 3.65. The number of amides is 1. The molecule has 3 aromatic rings. The largest absolute Gasteiger partial charge is 0.383 e. The number of ether oxygens (including phenoxy) is 1. The predicted octanol–water partition coefficient (Wildman–Crippen LogP) is 4.71. The van der Waals surface area contributed by atoms with Gasteiger partial charge in [0.2, 0.25) is 5.91 Å². The summed E-state index contributed by atoms with van der Waals surface area (Å²) in [6, 6.07) is 24.6. The van der Waals surface area contributed by atoms with E-state index in [0.717, 1.165) is 24.2 Å². The van der Waals surface area contributed by atoms with Crippen LogP contribution in [0.4, 0.5) is 0 Å². The van der Waals surface area contributed by atoms with Gasteiger partial charge in [-0.1, -0.05) is 67.6 Å². The summed E-state index contributed by atoms with van der Waals surface area (Å²) in [4.78, 5) is 15.4. The van der Waals surface area contributed by atoms with E-state index in [-0.39, 0.29) is 11.8 Å². The fourth-order valence-corrected chi connectivity index (χ4v) is 3.65. The molecule has 0 radical (unpaired) electrons. The molecule has 1 amide bonds. The maximum absolute atomic E-state index is 13.4. The van der Waals surface area contributed by atoms with Crippen molar-refractivity contribution >= 4 is 5.91 Å². The lowest BCUT2D eigenvalue weighted by atomic mass is 9.95. The lowest BCUT2D eigenvalue weighted by Gasteiger charge is -2.27. The van der Waals surface area contributed by atoms with Crippen LogP contribution >= 0.6 is 0 Å². The third-order valence-electron chi connectivity index (χ3n) is 5.26. The van der Waals surface area contributed by atoms with E-state index in [0.29, 0.717) is 19.7 Å². The summed E-state index contributed by atoms with van der Waals surface area (Å²) in [6.45, 7) is 4.55. The van der Waals surface area contributed by atoms with Gasteiger partial charge in [-0.25, -0.2) is 0 Å². The topological polar surface area (TPSA) is 34.5 Å². The Labute approximate surface area is 173 Å². The van der Waals surface area contributed by atoms with E-state index >= 15 is 0 Å². The van der Waals surface area contributed by atoms with Gasteiger partial charge < -0.3 is 14.2 Å². The molecule has 0 bridgehead atoms. The van der Waals surface area contributed by atoms with Crippen LogP contribution in [0.2, 0.25) is 0 Å². The molecule has 152 valence electrons. The fraction of sp³-hybridized carbons (Fsp3) is 0.320. The Morgan fingerprint density at radius 1 is 1.00 bits per heavy atom. The number of rotatable bonds is 10. The standard InChI is InChI=1S/C25H30N2O2/c1-3-24(22-13-8-5-9-14-22)25(28)27(17-18-29-2)20-23-15-10-16-26(23)19-21-11-6-4-7-12-21/h4-16,24H,3,17-20H2,1-2H3. The van der Waals surface area contributed by atoms with Gasteiger partial charge in [-0.15, -0.1) is 0 Å². The van der Waals surface area contributed by atoms with Crippen LogP contribution in [-0.2, 0) is 22.6 Å². The van der Waals surface area contributed by atoms with Gasteiger partial charge in [0.25, 0.3) is 0 Å². The first-order chi connectivity index (χ1) is 14.2. The number of methoxy groups -OCH3 is 1. The van der Waals surface area contributed by atoms with E-state index in [9.17, 15) is 4.79 Å². The van der Waals surface area contributed by atoms with Crippen LogP contribution in [0.25, 0.3) is 0 Å². The molecule has 1 aromatic heterocycles. The minimum atomic E-state index is -0.134. The molecule has 1 heterocycles. The zero-order valence-corrected chi connectivity index (χ0v) is 17.3. The highest BCUT2D eigenvalue weighted by Crippen LogP contribution is 2.23. The first-order valence-corrected chi connectivity index (χ1v) is 10.2. The summed E-state index contributed by atoms with van der Waals surface area (Å²) in [5, 5.41) is 0. The number of carbonyl (C=O) groups is 1. The minimum absolute atomic E-state index is 0.134. The summed E-state index contributed by atoms with van der Waals surface area (Å²) in [5.74, 6) is 0.0220. The molecule has 4 nitrogen and oxygen atoms in total. The molecule has 0 saturated heterocycles. The Kier molecular flexibility index (Phi) is 7.65. The van der Waals surface area contributed by atoms with Crippen molar-refractivity contribution in [1.29, 1.82) is 0 Å². The number of hydrogen-bond donors (Lipinski definition) is 0. The summed E-state index contributed by atoms with van der Waals surface area (Å²) in [5.41, 5.74) is 3.44. The van der Waals surface area contributed by atoms with Crippen molar-refractivity contribution in [3.8, 4) is 0 Å². The van der Waals surface area contributed by atoms with Gasteiger partial charge in [-0.2, -0.15) is 0 Å². The van der Waals surface area contributed by atoms with Gasteiger partial charge in [0, 0.05) is 32.1 Å². The van der Waals surface area contributed by atoms with E-state index in [2.05, 4.69) is 48.0 Å². The van der Waals surface area contributed by atoms with Crippen LogP contribution < -0.4 is 0 Å². The molecule has 1 unspecified atom stereocenters. The second kappa shape index (κ2) is 10.6. The van der Waals surface area contributed by atoms with Crippen molar-refractivity contribution in [3.05, 3.63) is 95.8 Å². The second-order valence-corrected chi connectivity index (χ2v) is 7.24. The molecule has 1 atom stereocenters. The molecule has 0 saturated carbocycles. The molecule has 29 heavy (non-hydrogen) atoms. The molecule has 0 aliphatic carbocycles. The first kappa shape index (κ1) is 20.9. The van der Waals surface area contributed by atoms with E-state index in [4.69, 9.17) is 4.74 Å². The van der Waals surface area contributed by atoms with Crippen molar-refractivity contribution in [3.63, 3.8) is 0 Å². The van der Waals surface area contributed by atoms with Crippen LogP contribution in [0.1, 0.15) is 36.1 Å². The normalized spacial score (nSPS) is 11.9. The number of nitrogens with zero attached hydrogens (tertiary/aromatic N) is 2. The molecule has 0 aliphatic heterocycles. The molecular weight excluding hydrogens is 360 g/mol. The van der Waals surface area contributed by atoms with Gasteiger partial charge in [0.05, 0.1) is 19.1 Å². The van der Waals surface area contributed by atoms with Gasteiger partial charge in [0.1, 0.15) is 0 Å². The Morgan fingerprint density at radius 2 is 1.69 bits per heavy atom. The second-order valence-electron chi connectivity index (χ2n) is 7.24. The Hall–Kier alpha value is -2.85. The average molecular weight is 391 g/mol. The van der Waals surface area contributed by atoms with Crippen molar-refractivity contribution in [2.75, 3.05) is 20.3 Å². The molecule has 0 aliphatic rings. The highest BCUT2D eigenvalue weighted by Gasteiger charge is 2.25. The highest BCUT2D eigenvalue weighted by atomic mass is 16.5. The summed E-state index contributed by atoms with van der Waals surface area (Å²) >= 11 is 0. The number of aromatic nitrogens is 1. The maximum Gasteiger partial charge on any atom is 0.230 e. The third kappa shape index (κ3) is 5.58. The SMILES string of the molecule is CCC(C(=O)N(CCOC)Cc1cccn1Cc1ccccc1)c1ccccc1. The zero-order valence-electron chi connectivity index (χ0n) is 17.3. The Balaban J connectivity index is 1.79. The number of carbonyl (C=O) groups excluding carboxylic acids is 1. The average Bonchev–Trinajstić information content (AvgIpc) is 3.19. The lowest BCUT2D eigenvalue weighted by molar-refractivity contribution is -0.134. The Morgan fingerprint density at radius 3 is 2.34 bits per heavy atom. The highest BCUT2D eigenvalue weighted by molar-refractivity contribution is 5.83. The summed E-state index contributed by atoms with van der Waals surface area (Å²) < 4.78 is 7.50. The zero-order chi connectivity index (χ0) is 20.5. The van der Waals surface area contributed by atoms with Crippen LogP contribution in [0, 0.1) is 0 Å². The van der Waals surface area contributed by atoms with Crippen molar-refractivity contribution in [2.45, 2.75) is 32.4 Å². The molecule has 0 spiro atoms. The first-order valence-electron chi connectivity index (χ1n) is 10.2. The van der Waals surface area contributed by atoms with Gasteiger partial charge in [-0.05, 0) is 29.7 Å². The molecular formula is C25H30N2O2. The maximum atomic E-state index is 13.4. The van der Waals surface area contributed by atoms with Gasteiger partial charge in [0.15, 0.2) is 0 Å². The Bertz CT molecular complexity index is 874. The molecule has 0 fully saturated rings.